The van der Waals surface area contributed by atoms with Crippen LogP contribution in [0.2, 0.25) is 5.02 Å². The van der Waals surface area contributed by atoms with Gasteiger partial charge in [-0.2, -0.15) is 0 Å². The fourth-order valence-electron chi connectivity index (χ4n) is 2.02. The third-order valence-corrected chi connectivity index (χ3v) is 4.59. The second kappa shape index (κ2) is 10.4. The van der Waals surface area contributed by atoms with Crippen molar-refractivity contribution < 1.29 is 18.0 Å². The van der Waals surface area contributed by atoms with Crippen LogP contribution in [0.3, 0.4) is 0 Å². The normalized spacial score (nSPS) is 12.4. The first-order valence-corrected chi connectivity index (χ1v) is 10.4. The highest BCUT2D eigenvalue weighted by Crippen LogP contribution is 2.10. The minimum Gasteiger partial charge on any atom is -0.353 e. The molecule has 0 aromatic heterocycles. The summed E-state index contributed by atoms with van der Waals surface area (Å²) in [7, 11) is -3.25. The topological polar surface area (TPSA) is 104 Å². The summed E-state index contributed by atoms with van der Waals surface area (Å²) in [5.74, 6) is -1.07. The predicted molar refractivity (Wildman–Crippen MR) is 98.6 cm³/mol. The van der Waals surface area contributed by atoms with E-state index in [0.717, 1.165) is 12.8 Å². The maximum atomic E-state index is 12.3. The maximum absolute atomic E-state index is 12.3. The van der Waals surface area contributed by atoms with Crippen LogP contribution in [-0.2, 0) is 14.6 Å². The molecular formula is C16H24ClN3O4S. The van der Waals surface area contributed by atoms with Crippen LogP contribution in [0.15, 0.2) is 24.3 Å². The van der Waals surface area contributed by atoms with E-state index in [1.165, 1.54) is 12.1 Å². The molecule has 140 valence electrons. The Balaban J connectivity index is 2.73. The summed E-state index contributed by atoms with van der Waals surface area (Å²) in [4.78, 5) is 24.6. The molecule has 1 atom stereocenters. The smallest absolute Gasteiger partial charge is 0.251 e. The van der Waals surface area contributed by atoms with Gasteiger partial charge in [0.25, 0.3) is 5.91 Å². The van der Waals surface area contributed by atoms with Crippen molar-refractivity contribution >= 4 is 33.3 Å². The summed E-state index contributed by atoms with van der Waals surface area (Å²) in [6.07, 6.45) is 1.10. The van der Waals surface area contributed by atoms with Crippen molar-refractivity contribution in [3.05, 3.63) is 34.9 Å². The summed E-state index contributed by atoms with van der Waals surface area (Å²) in [5.41, 5.74) is 0.342. The first-order chi connectivity index (χ1) is 11.7. The van der Waals surface area contributed by atoms with Gasteiger partial charge in [-0.05, 0) is 37.2 Å². The van der Waals surface area contributed by atoms with Gasteiger partial charge in [-0.1, -0.05) is 18.5 Å². The first-order valence-electron chi connectivity index (χ1n) is 7.95. The third kappa shape index (κ3) is 8.85. The van der Waals surface area contributed by atoms with Crippen LogP contribution in [0, 0.1) is 0 Å². The van der Waals surface area contributed by atoms with Crippen LogP contribution in [-0.4, -0.2) is 57.9 Å². The second-order valence-electron chi connectivity index (χ2n) is 5.60. The molecule has 3 N–H and O–H groups in total. The highest BCUT2D eigenvalue weighted by atomic mass is 35.5. The molecule has 0 aliphatic heterocycles. The minimum atomic E-state index is -3.25. The molecule has 1 rings (SSSR count). The average Bonchev–Trinajstić information content (AvgIpc) is 2.54. The van der Waals surface area contributed by atoms with Gasteiger partial charge in [-0.3, -0.25) is 9.59 Å². The molecule has 1 aromatic rings. The van der Waals surface area contributed by atoms with E-state index in [0.29, 0.717) is 23.7 Å². The average molecular weight is 390 g/mol. The largest absolute Gasteiger partial charge is 0.353 e. The van der Waals surface area contributed by atoms with Crippen LogP contribution >= 0.6 is 11.6 Å². The van der Waals surface area contributed by atoms with Crippen LogP contribution in [0.1, 0.15) is 23.7 Å². The van der Waals surface area contributed by atoms with Gasteiger partial charge in [0, 0.05) is 29.9 Å². The molecule has 7 nitrogen and oxygen atoms in total. The van der Waals surface area contributed by atoms with E-state index in [-0.39, 0.29) is 12.2 Å². The Kier molecular flexibility index (Phi) is 8.88. The zero-order chi connectivity index (χ0) is 18.9. The van der Waals surface area contributed by atoms with Crippen LogP contribution in [0.25, 0.3) is 0 Å². The third-order valence-electron chi connectivity index (χ3n) is 3.36. The summed E-state index contributed by atoms with van der Waals surface area (Å²) in [6.45, 7) is 3.70. The van der Waals surface area contributed by atoms with Gasteiger partial charge in [0.05, 0.1) is 5.75 Å². The molecule has 0 radical (unpaired) electrons. The lowest BCUT2D eigenvalue weighted by Crippen LogP contribution is -2.48. The molecule has 0 saturated carbocycles. The van der Waals surface area contributed by atoms with Crippen LogP contribution in [0.5, 0.6) is 0 Å². The monoisotopic (exact) mass is 389 g/mol. The molecule has 0 aliphatic rings. The van der Waals surface area contributed by atoms with Gasteiger partial charge in [-0.25, -0.2) is 8.42 Å². The molecule has 0 saturated heterocycles. The Hall–Kier alpha value is -1.64. The first kappa shape index (κ1) is 21.4. The molecule has 0 fully saturated rings. The minimum absolute atomic E-state index is 0.00516. The number of amides is 2. The van der Waals surface area contributed by atoms with Crippen molar-refractivity contribution in [1.29, 1.82) is 0 Å². The lowest BCUT2D eigenvalue weighted by atomic mass is 10.1. The number of rotatable bonds is 10. The second-order valence-corrected chi connectivity index (χ2v) is 8.29. The number of hydrogen-bond acceptors (Lipinski definition) is 5. The summed E-state index contributed by atoms with van der Waals surface area (Å²) >= 11 is 5.79. The number of hydrogen-bond donors (Lipinski definition) is 3. The van der Waals surface area contributed by atoms with Crippen molar-refractivity contribution in [3.8, 4) is 0 Å². The molecular weight excluding hydrogens is 366 g/mol. The van der Waals surface area contributed by atoms with Gasteiger partial charge < -0.3 is 16.0 Å². The molecule has 0 spiro atoms. The van der Waals surface area contributed by atoms with Crippen molar-refractivity contribution in [1.82, 2.24) is 16.0 Å². The fraction of sp³-hybridized carbons (Fsp3) is 0.500. The summed E-state index contributed by atoms with van der Waals surface area (Å²) < 4.78 is 22.8. The van der Waals surface area contributed by atoms with Crippen LogP contribution in [0.4, 0.5) is 0 Å². The predicted octanol–water partition coefficient (Wildman–Crippen LogP) is 0.599. The zero-order valence-corrected chi connectivity index (χ0v) is 15.9. The Morgan fingerprint density at radius 2 is 1.80 bits per heavy atom. The van der Waals surface area contributed by atoms with Crippen molar-refractivity contribution in [2.24, 2.45) is 0 Å². The van der Waals surface area contributed by atoms with E-state index >= 15 is 0 Å². The Morgan fingerprint density at radius 3 is 2.36 bits per heavy atom. The summed E-state index contributed by atoms with van der Waals surface area (Å²) in [5, 5.41) is 8.83. The number of carbonyl (C=O) groups excluding carboxylic acids is 2. The molecule has 0 aliphatic carbocycles. The SMILES string of the molecule is CCNCCNC(=O)C(CCS(C)(=O)=O)NC(=O)c1ccc(Cl)cc1. The molecule has 1 unspecified atom stereocenters. The van der Waals surface area contributed by atoms with E-state index in [1.807, 2.05) is 6.92 Å². The summed E-state index contributed by atoms with van der Waals surface area (Å²) in [6, 6.07) is 5.28. The van der Waals surface area contributed by atoms with Crippen LogP contribution < -0.4 is 16.0 Å². The lowest BCUT2D eigenvalue weighted by Gasteiger charge is -2.18. The highest BCUT2D eigenvalue weighted by molar-refractivity contribution is 7.90. The standard InChI is InChI=1S/C16H24ClN3O4S/c1-3-18-9-10-19-16(22)14(8-11-25(2,23)24)20-15(21)12-4-6-13(17)7-5-12/h4-7,14,18H,3,8-11H2,1-2H3,(H,19,22)(H,20,21). The van der Waals surface area contributed by atoms with E-state index in [2.05, 4.69) is 16.0 Å². The number of likely N-dealkylation sites (N-methyl/N-ethyl adjacent to an activating group) is 1. The molecule has 1 aromatic carbocycles. The van der Waals surface area contributed by atoms with E-state index in [9.17, 15) is 18.0 Å². The lowest BCUT2D eigenvalue weighted by molar-refractivity contribution is -0.122. The number of sulfone groups is 1. The van der Waals surface area contributed by atoms with E-state index in [4.69, 9.17) is 11.6 Å². The number of carbonyl (C=O) groups is 2. The highest BCUT2D eigenvalue weighted by Gasteiger charge is 2.22. The number of nitrogens with one attached hydrogen (secondary N) is 3. The van der Waals surface area contributed by atoms with Gasteiger partial charge in [0.1, 0.15) is 15.9 Å². The number of benzene rings is 1. The van der Waals surface area contributed by atoms with E-state index < -0.39 is 27.7 Å². The maximum Gasteiger partial charge on any atom is 0.251 e. The Morgan fingerprint density at radius 1 is 1.16 bits per heavy atom. The molecule has 0 bridgehead atoms. The van der Waals surface area contributed by atoms with Crippen molar-refractivity contribution in [2.75, 3.05) is 31.6 Å². The molecule has 0 heterocycles. The number of halogens is 1. The fourth-order valence-corrected chi connectivity index (χ4v) is 2.81. The quantitative estimate of drug-likeness (QED) is 0.508. The molecule has 9 heteroatoms. The van der Waals surface area contributed by atoms with Crippen molar-refractivity contribution in [2.45, 2.75) is 19.4 Å². The van der Waals surface area contributed by atoms with E-state index in [1.54, 1.807) is 12.1 Å². The van der Waals surface area contributed by atoms with Crippen molar-refractivity contribution in [3.63, 3.8) is 0 Å². The Bertz CT molecular complexity index is 677. The van der Waals surface area contributed by atoms with Gasteiger partial charge in [-0.15, -0.1) is 0 Å². The van der Waals surface area contributed by atoms with Gasteiger partial charge in [0.15, 0.2) is 0 Å². The van der Waals surface area contributed by atoms with Gasteiger partial charge >= 0.3 is 0 Å². The Labute approximate surface area is 153 Å². The molecule has 25 heavy (non-hydrogen) atoms. The molecule has 2 amide bonds. The zero-order valence-electron chi connectivity index (χ0n) is 14.3. The van der Waals surface area contributed by atoms with Gasteiger partial charge in [0.2, 0.25) is 5.91 Å².